The summed E-state index contributed by atoms with van der Waals surface area (Å²) in [6.07, 6.45) is 0. The van der Waals surface area contributed by atoms with Crippen LogP contribution in [0.15, 0.2) is 30.3 Å². The molecule has 0 saturated carbocycles. The van der Waals surface area contributed by atoms with E-state index in [1.54, 1.807) is 18.7 Å². The SMILES string of the molecule is CCOC(=O)c1c(C)[nH]c(C(=O)C(=O)N2CC[NH+](CC)CC2)c1-c1ccccc1. The van der Waals surface area contributed by atoms with Crippen LogP contribution in [0, 0.1) is 6.92 Å². The Bertz CT molecular complexity index is 896. The number of aryl methyl sites for hydroxylation is 1. The maximum absolute atomic E-state index is 13.2. The van der Waals surface area contributed by atoms with Crippen LogP contribution in [0.2, 0.25) is 0 Å². The topological polar surface area (TPSA) is 83.9 Å². The van der Waals surface area contributed by atoms with Gasteiger partial charge in [0.25, 0.3) is 11.7 Å². The van der Waals surface area contributed by atoms with Crippen LogP contribution < -0.4 is 4.90 Å². The first-order valence-electron chi connectivity index (χ1n) is 10.1. The molecule has 2 N–H and O–H groups in total. The molecule has 154 valence electrons. The normalized spacial score (nSPS) is 14.7. The van der Waals surface area contributed by atoms with Gasteiger partial charge in [-0.2, -0.15) is 0 Å². The van der Waals surface area contributed by atoms with Gasteiger partial charge < -0.3 is 19.5 Å². The molecule has 0 unspecified atom stereocenters. The monoisotopic (exact) mass is 398 g/mol. The van der Waals surface area contributed by atoms with E-state index >= 15 is 0 Å². The second kappa shape index (κ2) is 9.05. The van der Waals surface area contributed by atoms with Gasteiger partial charge in [-0.25, -0.2) is 4.79 Å². The molecule has 1 fully saturated rings. The molecule has 29 heavy (non-hydrogen) atoms. The first-order valence-corrected chi connectivity index (χ1v) is 10.1. The van der Waals surface area contributed by atoms with Crippen LogP contribution in [0.5, 0.6) is 0 Å². The predicted octanol–water partition coefficient (Wildman–Crippen LogP) is 1.10. The van der Waals surface area contributed by atoms with Gasteiger partial charge in [-0.05, 0) is 26.3 Å². The van der Waals surface area contributed by atoms with Gasteiger partial charge >= 0.3 is 5.97 Å². The standard InChI is InChI=1S/C22H27N3O4/c1-4-24-11-13-25(14-12-24)21(27)20(26)19-18(16-9-7-6-8-10-16)17(15(3)23-19)22(28)29-5-2/h6-10,23H,4-5,11-14H2,1-3H3/p+1. The van der Waals surface area contributed by atoms with Crippen LogP contribution in [0.4, 0.5) is 0 Å². The van der Waals surface area contributed by atoms with Crippen molar-refractivity contribution >= 4 is 17.7 Å². The first-order chi connectivity index (χ1) is 14.0. The fourth-order valence-electron chi connectivity index (χ4n) is 3.78. The van der Waals surface area contributed by atoms with Crippen molar-refractivity contribution in [2.45, 2.75) is 20.8 Å². The number of carbonyl (C=O) groups excluding carboxylic acids is 3. The summed E-state index contributed by atoms with van der Waals surface area (Å²) in [7, 11) is 0. The Balaban J connectivity index is 1.98. The van der Waals surface area contributed by atoms with Crippen molar-refractivity contribution in [2.24, 2.45) is 0 Å². The van der Waals surface area contributed by atoms with Crippen LogP contribution >= 0.6 is 0 Å². The highest BCUT2D eigenvalue weighted by Gasteiger charge is 2.33. The molecule has 1 saturated heterocycles. The number of H-pyrrole nitrogens is 1. The number of ketones is 1. The number of aromatic amines is 1. The third kappa shape index (κ3) is 4.24. The minimum Gasteiger partial charge on any atom is -0.462 e. The van der Waals surface area contributed by atoms with Crippen LogP contribution in [-0.2, 0) is 9.53 Å². The maximum Gasteiger partial charge on any atom is 0.340 e. The van der Waals surface area contributed by atoms with Gasteiger partial charge in [-0.15, -0.1) is 0 Å². The summed E-state index contributed by atoms with van der Waals surface area (Å²) in [5, 5.41) is 0. The fourth-order valence-corrected chi connectivity index (χ4v) is 3.78. The van der Waals surface area contributed by atoms with Gasteiger partial charge in [-0.1, -0.05) is 30.3 Å². The zero-order valence-electron chi connectivity index (χ0n) is 17.2. The second-order valence-electron chi connectivity index (χ2n) is 7.19. The molecule has 0 atom stereocenters. The number of esters is 1. The second-order valence-corrected chi connectivity index (χ2v) is 7.19. The molecule has 3 rings (SSSR count). The largest absolute Gasteiger partial charge is 0.462 e. The molecule has 1 aromatic carbocycles. The Morgan fingerprint density at radius 1 is 1.10 bits per heavy atom. The number of nitrogens with zero attached hydrogens (tertiary/aromatic N) is 1. The van der Waals surface area contributed by atoms with E-state index in [-0.39, 0.29) is 12.3 Å². The third-order valence-electron chi connectivity index (χ3n) is 5.41. The summed E-state index contributed by atoms with van der Waals surface area (Å²) < 4.78 is 5.20. The van der Waals surface area contributed by atoms with Gasteiger partial charge in [0, 0.05) is 11.3 Å². The molecule has 0 aliphatic carbocycles. The lowest BCUT2D eigenvalue weighted by atomic mass is 9.98. The van der Waals surface area contributed by atoms with Crippen molar-refractivity contribution in [1.82, 2.24) is 9.88 Å². The quantitative estimate of drug-likeness (QED) is 0.434. The minimum atomic E-state index is -0.623. The molecule has 1 aliphatic rings. The minimum absolute atomic E-state index is 0.145. The van der Waals surface area contributed by atoms with E-state index in [1.165, 1.54) is 4.90 Å². The Labute approximate surface area is 170 Å². The van der Waals surface area contributed by atoms with E-state index in [0.717, 1.165) is 19.6 Å². The predicted molar refractivity (Wildman–Crippen MR) is 109 cm³/mol. The van der Waals surface area contributed by atoms with Crippen molar-refractivity contribution in [2.75, 3.05) is 39.3 Å². The Hall–Kier alpha value is -2.93. The molecule has 2 aromatic rings. The number of piperazine rings is 1. The highest BCUT2D eigenvalue weighted by molar-refractivity contribution is 6.43. The molecule has 1 amide bonds. The van der Waals surface area contributed by atoms with Crippen molar-refractivity contribution < 1.29 is 24.0 Å². The Morgan fingerprint density at radius 2 is 1.76 bits per heavy atom. The lowest BCUT2D eigenvalue weighted by molar-refractivity contribution is -0.902. The molecule has 2 heterocycles. The van der Waals surface area contributed by atoms with Crippen LogP contribution in [0.25, 0.3) is 11.1 Å². The number of hydrogen-bond donors (Lipinski definition) is 2. The number of nitrogens with one attached hydrogen (secondary N) is 2. The molecule has 0 radical (unpaired) electrons. The number of likely N-dealkylation sites (N-methyl/N-ethyl adjacent to an activating group) is 1. The zero-order valence-corrected chi connectivity index (χ0v) is 17.2. The summed E-state index contributed by atoms with van der Waals surface area (Å²) in [6, 6.07) is 9.14. The molecule has 0 bridgehead atoms. The molecule has 1 aromatic heterocycles. The summed E-state index contributed by atoms with van der Waals surface area (Å²) in [6.45, 7) is 9.56. The molecule has 7 nitrogen and oxygen atoms in total. The number of carbonyl (C=O) groups is 3. The maximum atomic E-state index is 13.2. The summed E-state index contributed by atoms with van der Waals surface area (Å²) in [4.78, 5) is 44.7. The van der Waals surface area contributed by atoms with Crippen LogP contribution in [0.3, 0.4) is 0 Å². The number of aromatic nitrogens is 1. The third-order valence-corrected chi connectivity index (χ3v) is 5.41. The van der Waals surface area contributed by atoms with E-state index in [2.05, 4.69) is 11.9 Å². The van der Waals surface area contributed by atoms with Crippen molar-refractivity contribution in [3.63, 3.8) is 0 Å². The average Bonchev–Trinajstić information content (AvgIpc) is 3.10. The highest BCUT2D eigenvalue weighted by atomic mass is 16.5. The van der Waals surface area contributed by atoms with Gasteiger partial charge in [-0.3, -0.25) is 9.59 Å². The number of quaternary nitrogens is 1. The van der Waals surface area contributed by atoms with E-state index in [9.17, 15) is 14.4 Å². The smallest absolute Gasteiger partial charge is 0.340 e. The van der Waals surface area contributed by atoms with E-state index < -0.39 is 17.7 Å². The van der Waals surface area contributed by atoms with E-state index in [1.807, 2.05) is 30.3 Å². The summed E-state index contributed by atoms with van der Waals surface area (Å²) in [5.41, 5.74) is 2.08. The van der Waals surface area contributed by atoms with Gasteiger partial charge in [0.2, 0.25) is 0 Å². The fraction of sp³-hybridized carbons (Fsp3) is 0.409. The number of amides is 1. The van der Waals surface area contributed by atoms with Crippen LogP contribution in [-0.4, -0.2) is 66.9 Å². The molecule has 7 heteroatoms. The summed E-state index contributed by atoms with van der Waals surface area (Å²) in [5.74, 6) is -1.66. The van der Waals surface area contributed by atoms with Crippen molar-refractivity contribution in [3.05, 3.63) is 47.3 Å². The molecule has 1 aliphatic heterocycles. The lowest BCUT2D eigenvalue weighted by Gasteiger charge is -2.31. The van der Waals surface area contributed by atoms with Gasteiger partial charge in [0.15, 0.2) is 0 Å². The Morgan fingerprint density at radius 3 is 2.34 bits per heavy atom. The number of Topliss-reactive ketones (excluding diaryl/α,β-unsaturated/α-hetero) is 1. The number of ether oxygens (including phenoxy) is 1. The molecular formula is C22H28N3O4+. The zero-order chi connectivity index (χ0) is 21.0. The highest BCUT2D eigenvalue weighted by Crippen LogP contribution is 2.31. The van der Waals surface area contributed by atoms with E-state index in [0.29, 0.717) is 35.5 Å². The van der Waals surface area contributed by atoms with Crippen molar-refractivity contribution in [3.8, 4) is 11.1 Å². The van der Waals surface area contributed by atoms with E-state index in [4.69, 9.17) is 4.74 Å². The lowest BCUT2D eigenvalue weighted by Crippen LogP contribution is -3.14. The number of hydrogen-bond acceptors (Lipinski definition) is 4. The number of benzene rings is 1. The molecular weight excluding hydrogens is 370 g/mol. The van der Waals surface area contributed by atoms with Gasteiger partial charge in [0.05, 0.1) is 44.9 Å². The molecule has 0 spiro atoms. The Kier molecular flexibility index (Phi) is 6.49. The van der Waals surface area contributed by atoms with Crippen LogP contribution in [0.1, 0.15) is 40.4 Å². The van der Waals surface area contributed by atoms with Gasteiger partial charge in [0.1, 0.15) is 5.69 Å². The summed E-state index contributed by atoms with van der Waals surface area (Å²) >= 11 is 0. The average molecular weight is 398 g/mol. The number of rotatable bonds is 6. The first kappa shape index (κ1) is 20.8. The van der Waals surface area contributed by atoms with Crippen molar-refractivity contribution in [1.29, 1.82) is 0 Å².